The molecule has 1 aromatic carbocycles. The third-order valence-electron chi connectivity index (χ3n) is 3.41. The fourth-order valence-corrected chi connectivity index (χ4v) is 2.69. The molecule has 114 valence electrons. The lowest BCUT2D eigenvalue weighted by Crippen LogP contribution is -2.22. The van der Waals surface area contributed by atoms with Gasteiger partial charge in [-0.25, -0.2) is 0 Å². The summed E-state index contributed by atoms with van der Waals surface area (Å²) in [5.74, 6) is 0.898. The van der Waals surface area contributed by atoms with Gasteiger partial charge >= 0.3 is 0 Å². The second kappa shape index (κ2) is 8.25. The van der Waals surface area contributed by atoms with Crippen LogP contribution in [0.15, 0.2) is 47.1 Å². The molecule has 0 saturated carbocycles. The minimum Gasteiger partial charge on any atom is -0.492 e. The summed E-state index contributed by atoms with van der Waals surface area (Å²) in [4.78, 5) is 0. The standard InChI is InChI=1S/C17H23BrN2O/c1-3-9-19-14(2)17-8-5-10-20(17)11-12-21-16-7-4-6-15(18)13-16/h4-8,10,13-14,19H,3,9,11-12H2,1-2H3. The highest BCUT2D eigenvalue weighted by Crippen LogP contribution is 2.18. The van der Waals surface area contributed by atoms with Crippen LogP contribution in [-0.4, -0.2) is 17.7 Å². The van der Waals surface area contributed by atoms with Crippen LogP contribution >= 0.6 is 15.9 Å². The van der Waals surface area contributed by atoms with Gasteiger partial charge in [-0.3, -0.25) is 0 Å². The normalized spacial score (nSPS) is 12.3. The number of nitrogens with one attached hydrogen (secondary N) is 1. The molecule has 1 N–H and O–H groups in total. The Kier molecular flexibility index (Phi) is 6.33. The van der Waals surface area contributed by atoms with Crippen LogP contribution in [0.4, 0.5) is 0 Å². The maximum absolute atomic E-state index is 5.80. The van der Waals surface area contributed by atoms with Gasteiger partial charge in [-0.05, 0) is 50.2 Å². The van der Waals surface area contributed by atoms with Gasteiger partial charge in [0.05, 0.1) is 6.54 Å². The molecule has 1 heterocycles. The maximum Gasteiger partial charge on any atom is 0.120 e. The summed E-state index contributed by atoms with van der Waals surface area (Å²) in [6.45, 7) is 6.95. The van der Waals surface area contributed by atoms with Crippen molar-refractivity contribution in [2.24, 2.45) is 0 Å². The van der Waals surface area contributed by atoms with Crippen LogP contribution in [0.25, 0.3) is 0 Å². The van der Waals surface area contributed by atoms with Crippen molar-refractivity contribution in [2.45, 2.75) is 32.9 Å². The van der Waals surface area contributed by atoms with E-state index >= 15 is 0 Å². The molecule has 4 heteroatoms. The minimum absolute atomic E-state index is 0.366. The third kappa shape index (κ3) is 4.90. The van der Waals surface area contributed by atoms with Crippen LogP contribution in [0.2, 0.25) is 0 Å². The molecule has 0 spiro atoms. The van der Waals surface area contributed by atoms with Gasteiger partial charge in [0.15, 0.2) is 0 Å². The molecule has 0 fully saturated rings. The number of rotatable bonds is 8. The van der Waals surface area contributed by atoms with Gasteiger partial charge in [-0.2, -0.15) is 0 Å². The molecule has 0 aliphatic heterocycles. The molecule has 0 amide bonds. The summed E-state index contributed by atoms with van der Waals surface area (Å²) in [6.07, 6.45) is 3.26. The van der Waals surface area contributed by atoms with Crippen LogP contribution in [-0.2, 0) is 6.54 Å². The van der Waals surface area contributed by atoms with Crippen LogP contribution < -0.4 is 10.1 Å². The first kappa shape index (κ1) is 16.1. The summed E-state index contributed by atoms with van der Waals surface area (Å²) in [7, 11) is 0. The molecule has 3 nitrogen and oxygen atoms in total. The van der Waals surface area contributed by atoms with Gasteiger partial charge in [-0.1, -0.05) is 28.9 Å². The largest absolute Gasteiger partial charge is 0.492 e. The number of halogens is 1. The number of aromatic nitrogens is 1. The first-order valence-electron chi connectivity index (χ1n) is 7.47. The molecular formula is C17H23BrN2O. The zero-order chi connectivity index (χ0) is 15.1. The molecule has 1 atom stereocenters. The predicted octanol–water partition coefficient (Wildman–Crippen LogP) is 4.39. The van der Waals surface area contributed by atoms with E-state index in [-0.39, 0.29) is 0 Å². The lowest BCUT2D eigenvalue weighted by Gasteiger charge is -2.17. The first-order valence-corrected chi connectivity index (χ1v) is 8.26. The van der Waals surface area contributed by atoms with Gasteiger partial charge in [0.2, 0.25) is 0 Å². The highest BCUT2D eigenvalue weighted by atomic mass is 79.9. The van der Waals surface area contributed by atoms with Crippen LogP contribution in [0.1, 0.15) is 32.0 Å². The topological polar surface area (TPSA) is 26.2 Å². The number of hydrogen-bond donors (Lipinski definition) is 1. The van der Waals surface area contributed by atoms with Crippen molar-refractivity contribution < 1.29 is 4.74 Å². The molecule has 1 aromatic heterocycles. The highest BCUT2D eigenvalue weighted by Gasteiger charge is 2.08. The van der Waals surface area contributed by atoms with Crippen molar-refractivity contribution in [2.75, 3.05) is 13.2 Å². The van der Waals surface area contributed by atoms with E-state index < -0.39 is 0 Å². The van der Waals surface area contributed by atoms with Crippen molar-refractivity contribution in [3.63, 3.8) is 0 Å². The van der Waals surface area contributed by atoms with Gasteiger partial charge in [-0.15, -0.1) is 0 Å². The zero-order valence-corrected chi connectivity index (χ0v) is 14.3. The third-order valence-corrected chi connectivity index (χ3v) is 3.90. The highest BCUT2D eigenvalue weighted by molar-refractivity contribution is 9.10. The average molecular weight is 351 g/mol. The number of hydrogen-bond acceptors (Lipinski definition) is 2. The predicted molar refractivity (Wildman–Crippen MR) is 90.8 cm³/mol. The molecule has 21 heavy (non-hydrogen) atoms. The number of ether oxygens (including phenoxy) is 1. The molecule has 1 unspecified atom stereocenters. The summed E-state index contributed by atoms with van der Waals surface area (Å²) in [5.41, 5.74) is 1.31. The molecule has 0 aliphatic carbocycles. The zero-order valence-electron chi connectivity index (χ0n) is 12.7. The van der Waals surface area contributed by atoms with E-state index in [4.69, 9.17) is 4.74 Å². The quantitative estimate of drug-likeness (QED) is 0.763. The van der Waals surface area contributed by atoms with E-state index in [9.17, 15) is 0 Å². The van der Waals surface area contributed by atoms with Crippen LogP contribution in [0, 0.1) is 0 Å². The molecule has 0 radical (unpaired) electrons. The van der Waals surface area contributed by atoms with Crippen molar-refractivity contribution in [1.82, 2.24) is 9.88 Å². The molecule has 2 rings (SSSR count). The Morgan fingerprint density at radius 1 is 1.29 bits per heavy atom. The molecule has 0 saturated heterocycles. The van der Waals surface area contributed by atoms with E-state index in [0.717, 1.165) is 29.7 Å². The van der Waals surface area contributed by atoms with Gasteiger partial charge in [0.1, 0.15) is 12.4 Å². The Balaban J connectivity index is 1.87. The lowest BCUT2D eigenvalue weighted by atomic mass is 10.2. The summed E-state index contributed by atoms with van der Waals surface area (Å²) < 4.78 is 9.10. The fourth-order valence-electron chi connectivity index (χ4n) is 2.31. The molecule has 0 bridgehead atoms. The van der Waals surface area contributed by atoms with Crippen molar-refractivity contribution in [1.29, 1.82) is 0 Å². The monoisotopic (exact) mass is 350 g/mol. The molecular weight excluding hydrogens is 328 g/mol. The van der Waals surface area contributed by atoms with Gasteiger partial charge < -0.3 is 14.6 Å². The minimum atomic E-state index is 0.366. The first-order chi connectivity index (χ1) is 10.2. The van der Waals surface area contributed by atoms with Crippen molar-refractivity contribution in [3.05, 3.63) is 52.8 Å². The van der Waals surface area contributed by atoms with E-state index in [1.807, 2.05) is 24.3 Å². The average Bonchev–Trinajstić information content (AvgIpc) is 2.93. The van der Waals surface area contributed by atoms with E-state index in [1.54, 1.807) is 0 Å². The van der Waals surface area contributed by atoms with Crippen molar-refractivity contribution in [3.8, 4) is 5.75 Å². The Hall–Kier alpha value is -1.26. The second-order valence-corrected chi connectivity index (χ2v) is 6.02. The fraction of sp³-hybridized carbons (Fsp3) is 0.412. The van der Waals surface area contributed by atoms with Gasteiger partial charge in [0.25, 0.3) is 0 Å². The molecule has 2 aromatic rings. The smallest absolute Gasteiger partial charge is 0.120 e. The maximum atomic E-state index is 5.80. The SMILES string of the molecule is CCCNC(C)c1cccn1CCOc1cccc(Br)c1. The summed E-state index contributed by atoms with van der Waals surface area (Å²) in [5, 5.41) is 3.52. The Morgan fingerprint density at radius 2 is 2.14 bits per heavy atom. The van der Waals surface area contributed by atoms with Crippen molar-refractivity contribution >= 4 is 15.9 Å². The second-order valence-electron chi connectivity index (χ2n) is 5.11. The lowest BCUT2D eigenvalue weighted by molar-refractivity contribution is 0.295. The summed E-state index contributed by atoms with van der Waals surface area (Å²) in [6, 6.07) is 12.6. The number of nitrogens with zero attached hydrogens (tertiary/aromatic N) is 1. The van der Waals surface area contributed by atoms with Crippen LogP contribution in [0.5, 0.6) is 5.75 Å². The van der Waals surface area contributed by atoms with Crippen LogP contribution in [0.3, 0.4) is 0 Å². The van der Waals surface area contributed by atoms with E-state index in [2.05, 4.69) is 58.0 Å². The summed E-state index contributed by atoms with van der Waals surface area (Å²) >= 11 is 3.45. The Morgan fingerprint density at radius 3 is 2.90 bits per heavy atom. The molecule has 0 aliphatic rings. The van der Waals surface area contributed by atoms with Gasteiger partial charge in [0, 0.05) is 22.4 Å². The Labute approximate surface area is 135 Å². The Bertz CT molecular complexity index is 553. The number of benzene rings is 1. The van der Waals surface area contributed by atoms with E-state index in [0.29, 0.717) is 12.6 Å². The van der Waals surface area contributed by atoms with E-state index in [1.165, 1.54) is 5.69 Å².